The quantitative estimate of drug-likeness (QED) is 0.902. The van der Waals surface area contributed by atoms with E-state index < -0.39 is 5.41 Å². The fraction of sp³-hybridized carbons (Fsp3) is 0.400. The summed E-state index contributed by atoms with van der Waals surface area (Å²) in [7, 11) is 1.48. The average Bonchev–Trinajstić information content (AvgIpc) is 2.85. The lowest BCUT2D eigenvalue weighted by Crippen LogP contribution is -2.46. The van der Waals surface area contributed by atoms with Crippen LogP contribution in [0.4, 0.5) is 5.95 Å². The van der Waals surface area contributed by atoms with Gasteiger partial charge in [-0.15, -0.1) is 5.10 Å². The van der Waals surface area contributed by atoms with Gasteiger partial charge in [0, 0.05) is 0 Å². The molecule has 110 valence electrons. The van der Waals surface area contributed by atoms with Gasteiger partial charge in [0.25, 0.3) is 0 Å². The smallest absolute Gasteiger partial charge is 0.336 e. The summed E-state index contributed by atoms with van der Waals surface area (Å²) in [5, 5.41) is 9.29. The van der Waals surface area contributed by atoms with E-state index in [9.17, 15) is 4.79 Å². The number of methoxy groups -OCH3 is 1. The minimum atomic E-state index is -0.452. The van der Waals surface area contributed by atoms with Gasteiger partial charge in [0.1, 0.15) is 0 Å². The molecule has 6 heteroatoms. The minimum absolute atomic E-state index is 0.0434. The number of aromatic nitrogens is 3. The summed E-state index contributed by atoms with van der Waals surface area (Å²) < 4.78 is 4.90. The van der Waals surface area contributed by atoms with Crippen LogP contribution in [0.2, 0.25) is 0 Å². The molecule has 0 spiro atoms. The zero-order chi connectivity index (χ0) is 14.9. The molecule has 6 nitrogen and oxygen atoms in total. The Balaban J connectivity index is 1.84. The molecule has 1 fully saturated rings. The highest BCUT2D eigenvalue weighted by atomic mass is 16.5. The molecule has 0 bridgehead atoms. The van der Waals surface area contributed by atoms with Gasteiger partial charge in [-0.2, -0.15) is 4.98 Å². The molecule has 0 radical (unpaired) electrons. The number of aryl methyl sites for hydroxylation is 1. The van der Waals surface area contributed by atoms with Crippen LogP contribution in [0.5, 0.6) is 6.01 Å². The van der Waals surface area contributed by atoms with Gasteiger partial charge in [0.15, 0.2) is 0 Å². The second-order valence-electron chi connectivity index (χ2n) is 5.43. The molecule has 1 aliphatic carbocycles. The molecular weight excluding hydrogens is 268 g/mol. The van der Waals surface area contributed by atoms with E-state index in [1.807, 2.05) is 25.1 Å². The lowest BCUT2D eigenvalue weighted by Gasteiger charge is -2.40. The Morgan fingerprint density at radius 1 is 1.43 bits per heavy atom. The lowest BCUT2D eigenvalue weighted by atomic mass is 9.63. The third kappa shape index (κ3) is 2.37. The number of ether oxygens (including phenoxy) is 1. The number of benzene rings is 1. The first-order chi connectivity index (χ1) is 10.1. The number of hydrogen-bond acceptors (Lipinski definition) is 4. The molecule has 1 aromatic heterocycles. The lowest BCUT2D eigenvalue weighted by molar-refractivity contribution is -0.124. The van der Waals surface area contributed by atoms with E-state index in [1.54, 1.807) is 0 Å². The van der Waals surface area contributed by atoms with E-state index >= 15 is 0 Å². The minimum Gasteiger partial charge on any atom is -0.466 e. The van der Waals surface area contributed by atoms with Gasteiger partial charge in [-0.3, -0.25) is 10.1 Å². The molecule has 1 amide bonds. The first-order valence-electron chi connectivity index (χ1n) is 6.99. The van der Waals surface area contributed by atoms with E-state index in [2.05, 4.69) is 26.6 Å². The molecule has 1 aliphatic rings. The molecule has 2 N–H and O–H groups in total. The first-order valence-corrected chi connectivity index (χ1v) is 6.99. The highest BCUT2D eigenvalue weighted by molar-refractivity contribution is 5.98. The van der Waals surface area contributed by atoms with Crippen molar-refractivity contribution in [3.05, 3.63) is 35.4 Å². The van der Waals surface area contributed by atoms with Crippen molar-refractivity contribution >= 4 is 11.9 Å². The highest BCUT2D eigenvalue weighted by Crippen LogP contribution is 2.44. The van der Waals surface area contributed by atoms with E-state index in [1.165, 1.54) is 7.11 Å². The van der Waals surface area contributed by atoms with E-state index in [-0.39, 0.29) is 11.9 Å². The average molecular weight is 286 g/mol. The van der Waals surface area contributed by atoms with Gasteiger partial charge in [-0.05, 0) is 25.3 Å². The van der Waals surface area contributed by atoms with Crippen LogP contribution in [-0.4, -0.2) is 28.2 Å². The van der Waals surface area contributed by atoms with Crippen LogP contribution in [0.15, 0.2) is 24.3 Å². The number of hydrogen-bond donors (Lipinski definition) is 2. The summed E-state index contributed by atoms with van der Waals surface area (Å²) in [6.07, 6.45) is 2.77. The van der Waals surface area contributed by atoms with Gasteiger partial charge in [0.2, 0.25) is 11.9 Å². The van der Waals surface area contributed by atoms with Gasteiger partial charge in [-0.25, -0.2) is 5.10 Å². The number of amides is 1. The number of H-pyrrole nitrogens is 1. The fourth-order valence-electron chi connectivity index (χ4n) is 2.74. The van der Waals surface area contributed by atoms with Crippen molar-refractivity contribution in [3.8, 4) is 6.01 Å². The van der Waals surface area contributed by atoms with Crippen molar-refractivity contribution in [2.45, 2.75) is 31.6 Å². The van der Waals surface area contributed by atoms with Gasteiger partial charge >= 0.3 is 6.01 Å². The summed E-state index contributed by atoms with van der Waals surface area (Å²) in [5.74, 6) is 0.272. The molecule has 0 unspecified atom stereocenters. The zero-order valence-corrected chi connectivity index (χ0v) is 12.1. The summed E-state index contributed by atoms with van der Waals surface area (Å²) in [6.45, 7) is 2.04. The van der Waals surface area contributed by atoms with E-state index in [4.69, 9.17) is 4.74 Å². The summed E-state index contributed by atoms with van der Waals surface area (Å²) in [4.78, 5) is 16.7. The summed E-state index contributed by atoms with van der Waals surface area (Å²) in [6, 6.07) is 8.35. The molecule has 0 atom stereocenters. The summed E-state index contributed by atoms with van der Waals surface area (Å²) >= 11 is 0. The number of nitrogens with one attached hydrogen (secondary N) is 2. The number of nitrogens with zero attached hydrogens (tertiary/aromatic N) is 2. The largest absolute Gasteiger partial charge is 0.466 e. The number of carbonyl (C=O) groups excluding carboxylic acids is 1. The maximum Gasteiger partial charge on any atom is 0.336 e. The predicted molar refractivity (Wildman–Crippen MR) is 78.3 cm³/mol. The Morgan fingerprint density at radius 2 is 2.24 bits per heavy atom. The Bertz CT molecular complexity index is 661. The number of rotatable bonds is 4. The molecule has 3 rings (SSSR count). The second-order valence-corrected chi connectivity index (χ2v) is 5.43. The van der Waals surface area contributed by atoms with Crippen molar-refractivity contribution < 1.29 is 9.53 Å². The number of anilines is 1. The Labute approximate surface area is 122 Å². The van der Waals surface area contributed by atoms with Gasteiger partial charge in [-0.1, -0.05) is 36.2 Å². The Hall–Kier alpha value is -2.37. The molecule has 1 heterocycles. The number of aromatic amines is 1. The molecule has 0 saturated heterocycles. The van der Waals surface area contributed by atoms with Crippen LogP contribution < -0.4 is 10.1 Å². The van der Waals surface area contributed by atoms with Crippen molar-refractivity contribution in [2.75, 3.05) is 12.4 Å². The van der Waals surface area contributed by atoms with Crippen LogP contribution in [0.3, 0.4) is 0 Å². The fourth-order valence-corrected chi connectivity index (χ4v) is 2.74. The zero-order valence-electron chi connectivity index (χ0n) is 12.1. The van der Waals surface area contributed by atoms with Gasteiger partial charge in [0.05, 0.1) is 12.5 Å². The Kier molecular flexibility index (Phi) is 3.37. The van der Waals surface area contributed by atoms with Crippen molar-refractivity contribution in [1.29, 1.82) is 0 Å². The molecular formula is C15H18N4O2. The summed E-state index contributed by atoms with van der Waals surface area (Å²) in [5.41, 5.74) is 1.78. The molecule has 1 saturated carbocycles. The molecule has 2 aromatic rings. The topological polar surface area (TPSA) is 79.9 Å². The van der Waals surface area contributed by atoms with Crippen LogP contribution in [0.1, 0.15) is 30.4 Å². The molecule has 21 heavy (non-hydrogen) atoms. The Morgan fingerprint density at radius 3 is 2.81 bits per heavy atom. The third-order valence-corrected chi connectivity index (χ3v) is 4.09. The van der Waals surface area contributed by atoms with E-state index in [0.29, 0.717) is 5.95 Å². The SMILES string of the molecule is COc1n[nH]c(NC(=O)C2(c3cccc(C)c3)CCC2)n1. The third-order valence-electron chi connectivity index (χ3n) is 4.09. The predicted octanol–water partition coefficient (Wildman–Crippen LogP) is 2.18. The van der Waals surface area contributed by atoms with E-state index in [0.717, 1.165) is 30.4 Å². The van der Waals surface area contributed by atoms with Crippen LogP contribution >= 0.6 is 0 Å². The highest BCUT2D eigenvalue weighted by Gasteiger charge is 2.45. The van der Waals surface area contributed by atoms with Crippen LogP contribution in [-0.2, 0) is 10.2 Å². The first kappa shape index (κ1) is 13.6. The van der Waals surface area contributed by atoms with Gasteiger partial charge < -0.3 is 4.74 Å². The maximum absolute atomic E-state index is 12.7. The van der Waals surface area contributed by atoms with Crippen LogP contribution in [0, 0.1) is 6.92 Å². The monoisotopic (exact) mass is 286 g/mol. The van der Waals surface area contributed by atoms with Crippen molar-refractivity contribution in [1.82, 2.24) is 15.2 Å². The standard InChI is InChI=1S/C15H18N4O2/c1-10-5-3-6-11(9-10)15(7-4-8-15)12(20)16-13-17-14(21-2)19-18-13/h3,5-6,9H,4,7-8H2,1-2H3,(H2,16,17,18,19,20). The van der Waals surface area contributed by atoms with Crippen LogP contribution in [0.25, 0.3) is 0 Å². The molecule has 0 aliphatic heterocycles. The maximum atomic E-state index is 12.7. The number of carbonyl (C=O) groups is 1. The normalized spacial score (nSPS) is 16.1. The van der Waals surface area contributed by atoms with Crippen molar-refractivity contribution in [2.24, 2.45) is 0 Å². The van der Waals surface area contributed by atoms with Crippen molar-refractivity contribution in [3.63, 3.8) is 0 Å². The second kappa shape index (κ2) is 5.20. The molecule has 1 aromatic carbocycles.